The van der Waals surface area contributed by atoms with Crippen LogP contribution in [-0.2, 0) is 35.1 Å². The van der Waals surface area contributed by atoms with Crippen molar-refractivity contribution in [1.82, 2.24) is 26.2 Å². The van der Waals surface area contributed by atoms with Gasteiger partial charge in [0, 0.05) is 35.2 Å². The number of ether oxygens (including phenoxy) is 1. The van der Waals surface area contributed by atoms with E-state index in [2.05, 4.69) is 28.2 Å². The van der Waals surface area contributed by atoms with Crippen LogP contribution in [0, 0.1) is 0 Å². The Bertz CT molecular complexity index is 2210. The summed E-state index contributed by atoms with van der Waals surface area (Å²) in [5, 5.41) is 32.6. The Balaban J connectivity index is 0.00000129. The Labute approximate surface area is 352 Å². The summed E-state index contributed by atoms with van der Waals surface area (Å²) in [5.74, 6) is -4.18. The molecule has 4 atom stereocenters. The second-order valence-electron chi connectivity index (χ2n) is 14.4. The first-order chi connectivity index (χ1) is 28.7. The molecule has 15 nitrogen and oxygen atoms in total. The molecule has 2 heterocycles. The van der Waals surface area contributed by atoms with Crippen molar-refractivity contribution < 1.29 is 43.7 Å². The quantitative estimate of drug-likeness (QED) is 0.109. The number of halogens is 1. The topological polar surface area (TPSA) is 233 Å². The van der Waals surface area contributed by atoms with Crippen LogP contribution in [0.25, 0.3) is 22.3 Å². The molecule has 2 aliphatic rings. The average molecular weight is 841 g/mol. The van der Waals surface area contributed by atoms with Crippen LogP contribution in [0.3, 0.4) is 0 Å². The van der Waals surface area contributed by atoms with Crippen LogP contribution in [0.4, 0.5) is 0 Å². The number of phenolic OH excluding ortho intramolecular Hbond substituents is 2. The summed E-state index contributed by atoms with van der Waals surface area (Å²) in [6, 6.07) is 20.0. The fourth-order valence-corrected chi connectivity index (χ4v) is 6.61. The van der Waals surface area contributed by atoms with E-state index in [4.69, 9.17) is 22.1 Å². The third kappa shape index (κ3) is 11.7. The zero-order valence-corrected chi connectivity index (χ0v) is 34.3. The molecule has 1 fully saturated rings. The van der Waals surface area contributed by atoms with Gasteiger partial charge < -0.3 is 46.9 Å². The molecule has 4 bridgehead atoms. The number of fused-ring (bicyclic) bond motifs is 5. The normalized spacial score (nSPS) is 18.3. The highest BCUT2D eigenvalue weighted by atomic mass is 35.5. The van der Waals surface area contributed by atoms with Crippen LogP contribution in [0.5, 0.6) is 11.5 Å². The second kappa shape index (κ2) is 20.6. The lowest BCUT2D eigenvalue weighted by Gasteiger charge is -2.29. The van der Waals surface area contributed by atoms with E-state index in [1.807, 2.05) is 12.1 Å². The first kappa shape index (κ1) is 44.8. The van der Waals surface area contributed by atoms with Crippen molar-refractivity contribution in [3.63, 3.8) is 0 Å². The van der Waals surface area contributed by atoms with Gasteiger partial charge in [-0.2, -0.15) is 0 Å². The lowest BCUT2D eigenvalue weighted by atomic mass is 9.94. The summed E-state index contributed by atoms with van der Waals surface area (Å²) in [7, 11) is 1.35. The molecular formula is C44H49ClN6O9. The van der Waals surface area contributed by atoms with Gasteiger partial charge in [0.25, 0.3) is 5.91 Å². The fraction of sp³-hybridized carbons (Fsp3) is 0.318. The van der Waals surface area contributed by atoms with Crippen molar-refractivity contribution in [2.24, 2.45) is 5.73 Å². The van der Waals surface area contributed by atoms with Gasteiger partial charge in [-0.15, -0.1) is 0 Å². The number of likely N-dealkylation sites (N-methyl/N-ethyl adjacent to an activating group) is 1. The number of epoxide rings is 1. The molecule has 8 N–H and O–H groups in total. The lowest BCUT2D eigenvalue weighted by molar-refractivity contribution is -0.139. The maximum Gasteiger partial charge on any atom is 0.251 e. The largest absolute Gasteiger partial charge is 0.507 e. The van der Waals surface area contributed by atoms with Crippen molar-refractivity contribution in [2.75, 3.05) is 33.2 Å². The average Bonchev–Trinajstić information content (AvgIpc) is 3.98. The summed E-state index contributed by atoms with van der Waals surface area (Å²) < 4.78 is 5.17. The highest BCUT2D eigenvalue weighted by Gasteiger charge is 2.41. The summed E-state index contributed by atoms with van der Waals surface area (Å²) in [6.07, 6.45) is 1.47. The van der Waals surface area contributed by atoms with E-state index in [1.165, 1.54) is 50.2 Å². The molecule has 6 rings (SSSR count). The van der Waals surface area contributed by atoms with Crippen LogP contribution >= 0.6 is 11.6 Å². The number of carbonyl (C=O) groups is 6. The van der Waals surface area contributed by atoms with E-state index in [9.17, 15) is 39.0 Å². The molecule has 4 aromatic carbocycles. The molecule has 4 aromatic rings. The minimum absolute atomic E-state index is 0.0676. The lowest BCUT2D eigenvalue weighted by Crippen LogP contribution is -2.52. The van der Waals surface area contributed by atoms with E-state index in [0.717, 1.165) is 22.6 Å². The number of Topliss-reactive ketones (excluding diaryl/α,β-unsaturated/α-hetero) is 1. The van der Waals surface area contributed by atoms with E-state index >= 15 is 0 Å². The number of benzene rings is 4. The summed E-state index contributed by atoms with van der Waals surface area (Å²) in [4.78, 5) is 80.2. The van der Waals surface area contributed by atoms with E-state index in [-0.39, 0.29) is 53.0 Å². The van der Waals surface area contributed by atoms with Crippen LogP contribution in [0.1, 0.15) is 54.2 Å². The Kier molecular flexibility index (Phi) is 15.4. The molecule has 4 unspecified atom stereocenters. The third-order valence-corrected chi connectivity index (χ3v) is 10.2. The Morgan fingerprint density at radius 2 is 1.50 bits per heavy atom. The monoisotopic (exact) mass is 840 g/mol. The number of phenols is 2. The highest BCUT2D eigenvalue weighted by Crippen LogP contribution is 2.38. The number of nitrogens with one attached hydrogen (secondary N) is 4. The predicted octanol–water partition coefficient (Wildman–Crippen LogP) is 3.39. The molecule has 316 valence electrons. The van der Waals surface area contributed by atoms with E-state index in [0.29, 0.717) is 16.1 Å². The van der Waals surface area contributed by atoms with Crippen molar-refractivity contribution >= 4 is 46.9 Å². The standard InChI is InChI=1S/C40H38ClN5O9.C4H11N/c1-21-37(55-21)33(49)18-42-39(53)30-16-22-3-13-31(47)28(15-22)29-17-26(10-14-32(29)48)36(40(54)43-19-34(50)45-30)46(2)35(51)20-44-38(52)25-6-4-23(5-7-25)24-8-11-27(41)12-9-24;1-2-3-4-5/h3-15,17,21,30,36-37,47-48H,16,18-20H2,1-2H3,(H,42,53)(H,43,54)(H,44,52)(H,45,50);2-5H2,1H3. The Morgan fingerprint density at radius 1 is 0.883 bits per heavy atom. The summed E-state index contributed by atoms with van der Waals surface area (Å²) in [5.41, 5.74) is 8.18. The molecular weight excluding hydrogens is 792 g/mol. The minimum atomic E-state index is -1.37. The number of ketones is 1. The van der Waals surface area contributed by atoms with E-state index < -0.39 is 60.8 Å². The van der Waals surface area contributed by atoms with Crippen LogP contribution in [0.15, 0.2) is 84.9 Å². The first-order valence-electron chi connectivity index (χ1n) is 19.5. The zero-order valence-electron chi connectivity index (χ0n) is 33.5. The van der Waals surface area contributed by atoms with Gasteiger partial charge in [0.2, 0.25) is 23.6 Å². The predicted molar refractivity (Wildman–Crippen MR) is 225 cm³/mol. The molecule has 2 aliphatic heterocycles. The molecule has 0 saturated carbocycles. The maximum absolute atomic E-state index is 13.8. The van der Waals surface area contributed by atoms with Gasteiger partial charge in [0.15, 0.2) is 5.78 Å². The van der Waals surface area contributed by atoms with Crippen molar-refractivity contribution in [1.29, 1.82) is 0 Å². The zero-order chi connectivity index (χ0) is 43.5. The van der Waals surface area contributed by atoms with Crippen LogP contribution in [-0.4, -0.2) is 102 Å². The first-order valence-corrected chi connectivity index (χ1v) is 19.9. The Morgan fingerprint density at radius 3 is 2.10 bits per heavy atom. The molecule has 0 aromatic heterocycles. The maximum atomic E-state index is 13.8. The molecule has 0 spiro atoms. The minimum Gasteiger partial charge on any atom is -0.507 e. The number of nitrogens with zero attached hydrogens (tertiary/aromatic N) is 1. The number of rotatable bonds is 11. The van der Waals surface area contributed by atoms with Gasteiger partial charge >= 0.3 is 0 Å². The summed E-state index contributed by atoms with van der Waals surface area (Å²) in [6.45, 7) is 3.31. The highest BCUT2D eigenvalue weighted by molar-refractivity contribution is 6.30. The number of carbonyl (C=O) groups excluding carboxylic acids is 6. The fourth-order valence-electron chi connectivity index (χ4n) is 6.48. The van der Waals surface area contributed by atoms with Crippen molar-refractivity contribution in [3.05, 3.63) is 107 Å². The number of nitrogens with two attached hydrogens (primary N) is 1. The molecule has 16 heteroatoms. The molecule has 60 heavy (non-hydrogen) atoms. The molecule has 0 radical (unpaired) electrons. The van der Waals surface area contributed by atoms with Gasteiger partial charge in [0.1, 0.15) is 29.7 Å². The van der Waals surface area contributed by atoms with Gasteiger partial charge in [-0.1, -0.05) is 61.3 Å². The van der Waals surface area contributed by atoms with Gasteiger partial charge in [0.05, 0.1) is 25.7 Å². The van der Waals surface area contributed by atoms with E-state index in [1.54, 1.807) is 49.4 Å². The number of unbranched alkanes of at least 4 members (excludes halogenated alkanes) is 1. The number of amides is 5. The molecule has 5 amide bonds. The SMILES string of the molecule is CC1OC1C(=O)CNC(=O)C1Cc2ccc(O)c(c2)-c2cc(ccc2O)C(N(C)C(=O)CNC(=O)c2ccc(-c3ccc(Cl)cc3)cc2)C(=O)NCC(=O)N1.CCCCN. The smallest absolute Gasteiger partial charge is 0.251 e. The third-order valence-electron chi connectivity index (χ3n) is 9.98. The second-order valence-corrected chi connectivity index (χ2v) is 14.9. The van der Waals surface area contributed by atoms with Gasteiger partial charge in [-0.05, 0) is 90.7 Å². The molecule has 1 saturated heterocycles. The van der Waals surface area contributed by atoms with Crippen LogP contribution < -0.4 is 27.0 Å². The number of aromatic hydroxyl groups is 2. The van der Waals surface area contributed by atoms with Gasteiger partial charge in [-0.25, -0.2) is 0 Å². The van der Waals surface area contributed by atoms with Gasteiger partial charge in [-0.3, -0.25) is 28.8 Å². The number of hydrogen-bond acceptors (Lipinski definition) is 10. The Hall–Kier alpha value is -6.29. The summed E-state index contributed by atoms with van der Waals surface area (Å²) >= 11 is 5.98. The molecule has 0 aliphatic carbocycles. The van der Waals surface area contributed by atoms with Crippen molar-refractivity contribution in [2.45, 2.75) is 57.4 Å². The number of hydrogen-bond donors (Lipinski definition) is 7. The van der Waals surface area contributed by atoms with Crippen molar-refractivity contribution in [3.8, 4) is 33.8 Å². The van der Waals surface area contributed by atoms with Crippen LogP contribution in [0.2, 0.25) is 5.02 Å².